The molecule has 1 N–H and O–H groups in total. The quantitative estimate of drug-likeness (QED) is 0.127. The molecule has 0 saturated carbocycles. The van der Waals surface area contributed by atoms with E-state index in [2.05, 4.69) is 21.0 Å². The molecule has 0 radical (unpaired) electrons. The van der Waals surface area contributed by atoms with Crippen molar-refractivity contribution in [3.05, 3.63) is 78.9 Å². The summed E-state index contributed by atoms with van der Waals surface area (Å²) in [5.41, 5.74) is 1.25. The van der Waals surface area contributed by atoms with Crippen LogP contribution in [0, 0.1) is 0 Å². The van der Waals surface area contributed by atoms with E-state index in [0.717, 1.165) is 18.7 Å². The van der Waals surface area contributed by atoms with Crippen LogP contribution in [0.25, 0.3) is 0 Å². The molecule has 228 valence electrons. The molecule has 0 spiro atoms. The molecule has 0 unspecified atom stereocenters. The second-order valence-electron chi connectivity index (χ2n) is 10.7. The molecule has 7 nitrogen and oxygen atoms in total. The Morgan fingerprint density at radius 1 is 0.524 bits per heavy atom. The van der Waals surface area contributed by atoms with Crippen molar-refractivity contribution in [1.29, 1.82) is 0 Å². The van der Waals surface area contributed by atoms with E-state index < -0.39 is 20.0 Å². The zero-order chi connectivity index (χ0) is 30.1. The van der Waals surface area contributed by atoms with Crippen LogP contribution in [0.4, 0.5) is 5.69 Å². The number of hydrogen-bond acceptors (Lipinski definition) is 5. The van der Waals surface area contributed by atoms with E-state index in [4.69, 9.17) is 0 Å². The number of sulfonamides is 2. The maximum Gasteiger partial charge on any atom is 0.282 e. The van der Waals surface area contributed by atoms with E-state index in [9.17, 15) is 16.8 Å². The third-order valence-corrected chi connectivity index (χ3v) is 9.74. The number of benzene rings is 2. The molecular weight excluding hydrogens is 567 g/mol. The summed E-state index contributed by atoms with van der Waals surface area (Å²) in [6.07, 6.45) is 22.9. The van der Waals surface area contributed by atoms with Crippen LogP contribution in [-0.4, -0.2) is 34.8 Å². The molecule has 1 aliphatic rings. The van der Waals surface area contributed by atoms with Gasteiger partial charge in [0, 0.05) is 12.2 Å². The highest BCUT2D eigenvalue weighted by Crippen LogP contribution is 2.19. The van der Waals surface area contributed by atoms with Gasteiger partial charge in [0.1, 0.15) is 0 Å². The standard InChI is InChI=1S/C33H45N3O4S2/c1-2-3-4-5-6-7-8-9-10-11-12-13-17-28-34-29-24-26-33(27-25-29)42(39,40)36-31-22-20-30(21-23-31)35-41(37,38)32-18-15-14-16-19-32/h14-16,18-27,34H,2-13,17,28H2,1H3. The minimum Gasteiger partial charge on any atom is -0.385 e. The fourth-order valence-electron chi connectivity index (χ4n) is 4.67. The Hall–Kier alpha value is -3.04. The van der Waals surface area contributed by atoms with Crippen LogP contribution in [-0.2, 0) is 20.0 Å². The monoisotopic (exact) mass is 611 g/mol. The van der Waals surface area contributed by atoms with Crippen LogP contribution < -0.4 is 5.32 Å². The zero-order valence-corrected chi connectivity index (χ0v) is 26.4. The fourth-order valence-corrected chi connectivity index (χ4v) is 6.66. The van der Waals surface area contributed by atoms with E-state index >= 15 is 0 Å². The van der Waals surface area contributed by atoms with E-state index in [-0.39, 0.29) is 21.2 Å². The number of nitrogens with zero attached hydrogens (tertiary/aromatic N) is 2. The first-order chi connectivity index (χ1) is 20.3. The van der Waals surface area contributed by atoms with Gasteiger partial charge in [-0.15, -0.1) is 0 Å². The number of allylic oxidation sites excluding steroid dienone is 4. The van der Waals surface area contributed by atoms with Crippen molar-refractivity contribution in [2.45, 2.75) is 100 Å². The lowest BCUT2D eigenvalue weighted by molar-refractivity contribution is 0.541. The molecule has 2 aromatic rings. The number of nitrogens with one attached hydrogen (secondary N) is 1. The maximum atomic E-state index is 12.8. The highest BCUT2D eigenvalue weighted by molar-refractivity contribution is 7.90. The predicted octanol–water partition coefficient (Wildman–Crippen LogP) is 8.28. The molecule has 0 fully saturated rings. The van der Waals surface area contributed by atoms with Crippen LogP contribution in [0.1, 0.15) is 90.4 Å². The normalized spacial score (nSPS) is 13.4. The molecule has 3 rings (SSSR count). The molecule has 0 aromatic heterocycles. The van der Waals surface area contributed by atoms with Gasteiger partial charge in [-0.2, -0.15) is 25.6 Å². The Balaban J connectivity index is 1.36. The lowest BCUT2D eigenvalue weighted by atomic mass is 10.0. The van der Waals surface area contributed by atoms with Gasteiger partial charge in [-0.3, -0.25) is 0 Å². The average Bonchev–Trinajstić information content (AvgIpc) is 2.99. The third-order valence-electron chi connectivity index (χ3n) is 7.10. The molecule has 0 bridgehead atoms. The van der Waals surface area contributed by atoms with E-state index in [1.165, 1.54) is 113 Å². The zero-order valence-electron chi connectivity index (χ0n) is 24.7. The van der Waals surface area contributed by atoms with Crippen molar-refractivity contribution < 1.29 is 16.8 Å². The highest BCUT2D eigenvalue weighted by atomic mass is 32.2. The first kappa shape index (κ1) is 33.5. The third kappa shape index (κ3) is 12.1. The smallest absolute Gasteiger partial charge is 0.282 e. The first-order valence-electron chi connectivity index (χ1n) is 15.3. The Labute approximate surface area is 253 Å². The molecule has 0 heterocycles. The number of unbranched alkanes of at least 4 members (excludes halogenated alkanes) is 12. The van der Waals surface area contributed by atoms with Crippen molar-refractivity contribution in [1.82, 2.24) is 0 Å². The van der Waals surface area contributed by atoms with Gasteiger partial charge in [-0.25, -0.2) is 0 Å². The van der Waals surface area contributed by atoms with Crippen molar-refractivity contribution in [2.24, 2.45) is 8.80 Å². The number of hydrogen-bond donors (Lipinski definition) is 1. The molecule has 9 heteroatoms. The molecular formula is C33H45N3O4S2. The van der Waals surface area contributed by atoms with E-state index in [1.807, 2.05) is 0 Å². The van der Waals surface area contributed by atoms with Crippen molar-refractivity contribution >= 4 is 37.2 Å². The van der Waals surface area contributed by atoms with Gasteiger partial charge in [0.25, 0.3) is 20.0 Å². The average molecular weight is 612 g/mol. The first-order valence-corrected chi connectivity index (χ1v) is 18.1. The second-order valence-corrected chi connectivity index (χ2v) is 13.9. The van der Waals surface area contributed by atoms with Crippen LogP contribution in [0.5, 0.6) is 0 Å². The fraction of sp³-hybridized carbons (Fsp3) is 0.455. The predicted molar refractivity (Wildman–Crippen MR) is 175 cm³/mol. The van der Waals surface area contributed by atoms with Gasteiger partial charge in [0.15, 0.2) is 0 Å². The number of rotatable bonds is 19. The Morgan fingerprint density at radius 2 is 0.929 bits per heavy atom. The summed E-state index contributed by atoms with van der Waals surface area (Å²) in [4.78, 5) is 0.179. The molecule has 0 aliphatic heterocycles. The second kappa shape index (κ2) is 17.8. The molecule has 2 aromatic carbocycles. The van der Waals surface area contributed by atoms with Crippen molar-refractivity contribution in [3.8, 4) is 0 Å². The summed E-state index contributed by atoms with van der Waals surface area (Å²) in [5, 5.41) is 3.36. The van der Waals surface area contributed by atoms with Gasteiger partial charge >= 0.3 is 0 Å². The minimum absolute atomic E-state index is 0.0867. The highest BCUT2D eigenvalue weighted by Gasteiger charge is 2.16. The summed E-state index contributed by atoms with van der Waals surface area (Å²) < 4.78 is 58.2. The minimum atomic E-state index is -3.92. The topological polar surface area (TPSA) is 105 Å². The molecule has 0 saturated heterocycles. The summed E-state index contributed by atoms with van der Waals surface area (Å²) in [6, 6.07) is 14.5. The summed E-state index contributed by atoms with van der Waals surface area (Å²) in [6.45, 7) is 3.11. The molecule has 42 heavy (non-hydrogen) atoms. The van der Waals surface area contributed by atoms with Crippen LogP contribution in [0.15, 0.2) is 97.5 Å². The molecule has 0 amide bonds. The van der Waals surface area contributed by atoms with Crippen LogP contribution in [0.3, 0.4) is 0 Å². The summed E-state index contributed by atoms with van der Waals surface area (Å²) in [7, 11) is -7.78. The summed E-state index contributed by atoms with van der Waals surface area (Å²) >= 11 is 0. The van der Waals surface area contributed by atoms with Gasteiger partial charge < -0.3 is 5.32 Å². The molecule has 1 aliphatic carbocycles. The van der Waals surface area contributed by atoms with Crippen LogP contribution >= 0.6 is 0 Å². The largest absolute Gasteiger partial charge is 0.385 e. The lowest BCUT2D eigenvalue weighted by Gasteiger charge is -2.08. The Bertz CT molecular complexity index is 1410. The van der Waals surface area contributed by atoms with Gasteiger partial charge in [-0.05, 0) is 67.1 Å². The van der Waals surface area contributed by atoms with Crippen molar-refractivity contribution in [3.63, 3.8) is 0 Å². The van der Waals surface area contributed by atoms with Crippen LogP contribution in [0.2, 0.25) is 0 Å². The number of anilines is 1. The summed E-state index contributed by atoms with van der Waals surface area (Å²) in [5.74, 6) is 0. The lowest BCUT2D eigenvalue weighted by Crippen LogP contribution is -2.07. The maximum absolute atomic E-state index is 12.8. The van der Waals surface area contributed by atoms with Gasteiger partial charge in [-0.1, -0.05) is 102 Å². The van der Waals surface area contributed by atoms with Crippen molar-refractivity contribution in [2.75, 3.05) is 11.9 Å². The Morgan fingerprint density at radius 3 is 1.38 bits per heavy atom. The Kier molecular flexibility index (Phi) is 14.2. The SMILES string of the molecule is CCCCCCCCCCCCCCCNc1ccc(S(=O)(=O)N=C2C=CC(=NS(=O)(=O)c3ccccc3)C=C2)cc1. The van der Waals surface area contributed by atoms with E-state index in [1.54, 1.807) is 42.5 Å². The van der Waals surface area contributed by atoms with E-state index in [0.29, 0.717) is 0 Å². The van der Waals surface area contributed by atoms with Gasteiger partial charge in [0.05, 0.1) is 21.2 Å². The van der Waals surface area contributed by atoms with Gasteiger partial charge in [0.2, 0.25) is 0 Å². The molecule has 0 atom stereocenters.